The van der Waals surface area contributed by atoms with E-state index in [2.05, 4.69) is 5.32 Å². The number of benzene rings is 2. The van der Waals surface area contributed by atoms with Gasteiger partial charge in [-0.15, -0.1) is 0 Å². The molecule has 1 amide bonds. The second-order valence-electron chi connectivity index (χ2n) is 4.96. The number of sulfonamides is 1. The van der Waals surface area contributed by atoms with Crippen LogP contribution in [-0.2, 0) is 10.0 Å². The van der Waals surface area contributed by atoms with Crippen molar-refractivity contribution in [1.82, 2.24) is 5.32 Å². The van der Waals surface area contributed by atoms with Gasteiger partial charge in [0.05, 0.1) is 17.2 Å². The number of aliphatic hydroxyl groups excluding tert-OH is 1. The van der Waals surface area contributed by atoms with Crippen LogP contribution in [0, 0.1) is 0 Å². The molecule has 0 aliphatic rings. The van der Waals surface area contributed by atoms with Gasteiger partial charge in [-0.1, -0.05) is 23.7 Å². The van der Waals surface area contributed by atoms with Crippen molar-refractivity contribution >= 4 is 33.2 Å². The molecule has 128 valence electrons. The van der Waals surface area contributed by atoms with Crippen LogP contribution in [0.3, 0.4) is 0 Å². The Hall–Kier alpha value is -2.09. The third kappa shape index (κ3) is 4.05. The zero-order chi connectivity index (χ0) is 17.7. The van der Waals surface area contributed by atoms with E-state index in [0.29, 0.717) is 10.7 Å². The summed E-state index contributed by atoms with van der Waals surface area (Å²) in [6.07, 6.45) is 0. The van der Waals surface area contributed by atoms with Crippen LogP contribution in [0.4, 0.5) is 5.69 Å². The lowest BCUT2D eigenvalue weighted by molar-refractivity contribution is 0.0944. The number of hydrogen-bond acceptors (Lipinski definition) is 4. The highest BCUT2D eigenvalue weighted by molar-refractivity contribution is 7.92. The zero-order valence-electron chi connectivity index (χ0n) is 12.9. The molecule has 2 N–H and O–H groups in total. The maximum atomic E-state index is 12.7. The maximum absolute atomic E-state index is 12.7. The highest BCUT2D eigenvalue weighted by Gasteiger charge is 2.22. The smallest absolute Gasteiger partial charge is 0.264 e. The molecule has 0 atom stereocenters. The first-order valence-corrected chi connectivity index (χ1v) is 8.91. The Morgan fingerprint density at radius 3 is 2.58 bits per heavy atom. The first-order valence-electron chi connectivity index (χ1n) is 7.10. The summed E-state index contributed by atoms with van der Waals surface area (Å²) in [5.74, 6) is -0.452. The molecule has 24 heavy (non-hydrogen) atoms. The Kier molecular flexibility index (Phi) is 5.82. The van der Waals surface area contributed by atoms with Gasteiger partial charge in [0.15, 0.2) is 0 Å². The minimum absolute atomic E-state index is 0.0124. The van der Waals surface area contributed by atoms with Crippen molar-refractivity contribution in [3.63, 3.8) is 0 Å². The number of carbonyl (C=O) groups is 1. The maximum Gasteiger partial charge on any atom is 0.264 e. The van der Waals surface area contributed by atoms with Gasteiger partial charge in [0.25, 0.3) is 15.9 Å². The van der Waals surface area contributed by atoms with Gasteiger partial charge in [-0.2, -0.15) is 0 Å². The van der Waals surface area contributed by atoms with E-state index < -0.39 is 15.9 Å². The van der Waals surface area contributed by atoms with E-state index in [1.54, 1.807) is 18.2 Å². The van der Waals surface area contributed by atoms with Crippen molar-refractivity contribution in [2.24, 2.45) is 0 Å². The highest BCUT2D eigenvalue weighted by Crippen LogP contribution is 2.25. The number of rotatable bonds is 6. The summed E-state index contributed by atoms with van der Waals surface area (Å²) in [6, 6.07) is 12.2. The predicted molar refractivity (Wildman–Crippen MR) is 92.9 cm³/mol. The fraction of sp³-hybridized carbons (Fsp3) is 0.188. The molecule has 6 nitrogen and oxygen atoms in total. The summed E-state index contributed by atoms with van der Waals surface area (Å²) in [4.78, 5) is 11.9. The summed E-state index contributed by atoms with van der Waals surface area (Å²) in [5.41, 5.74) is 0.613. The SMILES string of the molecule is CN(c1cccc(Cl)c1)S(=O)(=O)c1cccc(C(=O)NCCO)c1. The molecule has 0 unspecified atom stereocenters. The number of amides is 1. The van der Waals surface area contributed by atoms with E-state index >= 15 is 0 Å². The first kappa shape index (κ1) is 18.3. The van der Waals surface area contributed by atoms with Gasteiger partial charge in [0, 0.05) is 24.2 Å². The fourth-order valence-electron chi connectivity index (χ4n) is 2.04. The van der Waals surface area contributed by atoms with Crippen LogP contribution in [0.25, 0.3) is 0 Å². The molecule has 0 spiro atoms. The molecule has 2 aromatic rings. The normalized spacial score (nSPS) is 11.1. The number of hydrogen-bond donors (Lipinski definition) is 2. The Labute approximate surface area is 145 Å². The quantitative estimate of drug-likeness (QED) is 0.815. The molecule has 8 heteroatoms. The van der Waals surface area contributed by atoms with Gasteiger partial charge in [-0.25, -0.2) is 8.42 Å². The summed E-state index contributed by atoms with van der Waals surface area (Å²) in [6.45, 7) is -0.0978. The van der Waals surface area contributed by atoms with Crippen LogP contribution in [0.2, 0.25) is 5.02 Å². The van der Waals surface area contributed by atoms with Crippen LogP contribution in [0.5, 0.6) is 0 Å². The van der Waals surface area contributed by atoms with Gasteiger partial charge < -0.3 is 10.4 Å². The number of nitrogens with one attached hydrogen (secondary N) is 1. The standard InChI is InChI=1S/C16H17ClN2O4S/c1-19(14-6-3-5-13(17)11-14)24(22,23)15-7-2-4-12(10-15)16(21)18-8-9-20/h2-7,10-11,20H,8-9H2,1H3,(H,18,21). The largest absolute Gasteiger partial charge is 0.395 e. The molecule has 2 aromatic carbocycles. The number of aliphatic hydroxyl groups is 1. The van der Waals surface area contributed by atoms with Crippen molar-refractivity contribution in [2.45, 2.75) is 4.90 Å². The highest BCUT2D eigenvalue weighted by atomic mass is 35.5. The summed E-state index contributed by atoms with van der Waals surface area (Å²) in [5, 5.41) is 11.6. The third-order valence-electron chi connectivity index (χ3n) is 3.32. The Bertz CT molecular complexity index is 839. The van der Waals surface area contributed by atoms with Crippen LogP contribution < -0.4 is 9.62 Å². The lowest BCUT2D eigenvalue weighted by Crippen LogP contribution is -2.28. The molecule has 0 bridgehead atoms. The van der Waals surface area contributed by atoms with Gasteiger partial charge >= 0.3 is 0 Å². The average Bonchev–Trinajstić information content (AvgIpc) is 2.59. The number of carbonyl (C=O) groups excluding carboxylic acids is 1. The van der Waals surface area contributed by atoms with E-state index in [1.807, 2.05) is 0 Å². The molecule has 0 radical (unpaired) electrons. The molecule has 0 heterocycles. The van der Waals surface area contributed by atoms with E-state index in [-0.39, 0.29) is 23.6 Å². The van der Waals surface area contributed by atoms with E-state index in [4.69, 9.17) is 16.7 Å². The molecule has 0 aliphatic carbocycles. The number of nitrogens with zero attached hydrogens (tertiary/aromatic N) is 1. The first-order chi connectivity index (χ1) is 11.4. The van der Waals surface area contributed by atoms with E-state index in [1.165, 1.54) is 37.4 Å². The van der Waals surface area contributed by atoms with Crippen molar-refractivity contribution in [3.8, 4) is 0 Å². The van der Waals surface area contributed by atoms with Crippen molar-refractivity contribution < 1.29 is 18.3 Å². The second-order valence-corrected chi connectivity index (χ2v) is 7.37. The van der Waals surface area contributed by atoms with Crippen molar-refractivity contribution in [1.29, 1.82) is 0 Å². The molecule has 0 fully saturated rings. The van der Waals surface area contributed by atoms with Gasteiger partial charge in [0.1, 0.15) is 0 Å². The molecule has 0 aromatic heterocycles. The summed E-state index contributed by atoms with van der Waals surface area (Å²) in [7, 11) is -2.42. The molecule has 2 rings (SSSR count). The minimum atomic E-state index is -3.84. The number of anilines is 1. The molecule has 0 aliphatic heterocycles. The fourth-order valence-corrected chi connectivity index (χ4v) is 3.46. The third-order valence-corrected chi connectivity index (χ3v) is 5.34. The lowest BCUT2D eigenvalue weighted by atomic mass is 10.2. The van der Waals surface area contributed by atoms with Gasteiger partial charge in [-0.05, 0) is 36.4 Å². The average molecular weight is 369 g/mol. The predicted octanol–water partition coefficient (Wildman–Crippen LogP) is 1.89. The number of halogens is 1. The van der Waals surface area contributed by atoms with Crippen molar-refractivity contribution in [3.05, 3.63) is 59.1 Å². The Morgan fingerprint density at radius 1 is 1.21 bits per heavy atom. The lowest BCUT2D eigenvalue weighted by Gasteiger charge is -2.20. The van der Waals surface area contributed by atoms with Crippen LogP contribution in [0.1, 0.15) is 10.4 Å². The van der Waals surface area contributed by atoms with E-state index in [9.17, 15) is 13.2 Å². The van der Waals surface area contributed by atoms with Gasteiger partial charge in [-0.3, -0.25) is 9.10 Å². The van der Waals surface area contributed by atoms with Gasteiger partial charge in [0.2, 0.25) is 0 Å². The molecular weight excluding hydrogens is 352 g/mol. The van der Waals surface area contributed by atoms with Crippen LogP contribution in [-0.4, -0.2) is 39.6 Å². The molecular formula is C16H17ClN2O4S. The monoisotopic (exact) mass is 368 g/mol. The molecule has 0 saturated carbocycles. The van der Waals surface area contributed by atoms with Crippen LogP contribution in [0.15, 0.2) is 53.4 Å². The Morgan fingerprint density at radius 2 is 1.92 bits per heavy atom. The Balaban J connectivity index is 2.34. The summed E-state index contributed by atoms with van der Waals surface area (Å²) < 4.78 is 26.6. The topological polar surface area (TPSA) is 86.7 Å². The molecule has 0 saturated heterocycles. The summed E-state index contributed by atoms with van der Waals surface area (Å²) >= 11 is 5.91. The van der Waals surface area contributed by atoms with E-state index in [0.717, 1.165) is 4.31 Å². The van der Waals surface area contributed by atoms with Crippen LogP contribution >= 0.6 is 11.6 Å². The minimum Gasteiger partial charge on any atom is -0.395 e. The zero-order valence-corrected chi connectivity index (χ0v) is 14.5. The second kappa shape index (κ2) is 7.65. The van der Waals surface area contributed by atoms with Crippen molar-refractivity contribution in [2.75, 3.05) is 24.5 Å².